The van der Waals surface area contributed by atoms with E-state index in [4.69, 9.17) is 10.2 Å². The number of nitrogens with zero attached hydrogens (tertiary/aromatic N) is 1. The van der Waals surface area contributed by atoms with E-state index in [-0.39, 0.29) is 18.1 Å². The lowest BCUT2D eigenvalue weighted by Crippen LogP contribution is -2.40. The SMILES string of the molecule is O=C(O)C1CC2(CCC(O)CC2)CN1C(=O)O. The van der Waals surface area contributed by atoms with Crippen LogP contribution in [0.1, 0.15) is 32.1 Å². The van der Waals surface area contributed by atoms with Crippen LogP contribution in [0, 0.1) is 5.41 Å². The maximum atomic E-state index is 11.1. The molecule has 0 radical (unpaired) electrons. The number of amides is 1. The molecule has 6 nitrogen and oxygen atoms in total. The molecule has 96 valence electrons. The van der Waals surface area contributed by atoms with Crippen molar-refractivity contribution >= 4 is 12.1 Å². The number of aliphatic hydroxyl groups is 1. The summed E-state index contributed by atoms with van der Waals surface area (Å²) < 4.78 is 0. The van der Waals surface area contributed by atoms with Gasteiger partial charge in [0.1, 0.15) is 6.04 Å². The van der Waals surface area contributed by atoms with Gasteiger partial charge in [0.25, 0.3) is 0 Å². The highest BCUT2D eigenvalue weighted by molar-refractivity contribution is 5.80. The fraction of sp³-hybridized carbons (Fsp3) is 0.818. The van der Waals surface area contributed by atoms with E-state index < -0.39 is 18.1 Å². The third-order valence-corrected chi connectivity index (χ3v) is 4.05. The molecule has 0 aromatic heterocycles. The second kappa shape index (κ2) is 4.18. The van der Waals surface area contributed by atoms with E-state index in [0.29, 0.717) is 32.1 Å². The van der Waals surface area contributed by atoms with Crippen molar-refractivity contribution in [2.75, 3.05) is 6.54 Å². The Labute approximate surface area is 98.8 Å². The number of aliphatic carboxylic acids is 1. The number of hydrogen-bond donors (Lipinski definition) is 3. The first-order valence-corrected chi connectivity index (χ1v) is 5.84. The van der Waals surface area contributed by atoms with Gasteiger partial charge in [0.15, 0.2) is 0 Å². The van der Waals surface area contributed by atoms with E-state index in [9.17, 15) is 14.7 Å². The van der Waals surface area contributed by atoms with Gasteiger partial charge in [0.05, 0.1) is 6.10 Å². The summed E-state index contributed by atoms with van der Waals surface area (Å²) in [6.07, 6.45) is 1.59. The zero-order valence-corrected chi connectivity index (χ0v) is 9.50. The molecular weight excluding hydrogens is 226 g/mol. The normalized spacial score (nSPS) is 37.4. The van der Waals surface area contributed by atoms with E-state index in [1.54, 1.807) is 0 Å². The second-order valence-corrected chi connectivity index (χ2v) is 5.20. The van der Waals surface area contributed by atoms with Crippen LogP contribution < -0.4 is 0 Å². The van der Waals surface area contributed by atoms with Crippen LogP contribution in [0.25, 0.3) is 0 Å². The molecule has 1 heterocycles. The van der Waals surface area contributed by atoms with Crippen LogP contribution in [0.3, 0.4) is 0 Å². The van der Waals surface area contributed by atoms with E-state index in [1.807, 2.05) is 0 Å². The predicted octanol–water partition coefficient (Wildman–Crippen LogP) is 0.745. The average molecular weight is 243 g/mol. The zero-order chi connectivity index (χ0) is 12.6. The van der Waals surface area contributed by atoms with Crippen molar-refractivity contribution in [1.82, 2.24) is 4.90 Å². The molecule has 1 aliphatic carbocycles. The van der Waals surface area contributed by atoms with Crippen LogP contribution in [-0.4, -0.2) is 51.0 Å². The molecular formula is C11H17NO5. The van der Waals surface area contributed by atoms with Crippen molar-refractivity contribution in [3.05, 3.63) is 0 Å². The number of rotatable bonds is 1. The van der Waals surface area contributed by atoms with E-state index in [2.05, 4.69) is 0 Å². The first-order valence-electron chi connectivity index (χ1n) is 5.84. The summed E-state index contributed by atoms with van der Waals surface area (Å²) in [7, 11) is 0. The number of carboxylic acid groups (broad SMARTS) is 2. The number of carboxylic acids is 1. The summed E-state index contributed by atoms with van der Waals surface area (Å²) >= 11 is 0. The maximum Gasteiger partial charge on any atom is 0.408 e. The third-order valence-electron chi connectivity index (χ3n) is 4.05. The summed E-state index contributed by atoms with van der Waals surface area (Å²) in [6.45, 7) is 0.284. The minimum absolute atomic E-state index is 0.235. The Morgan fingerprint density at radius 2 is 1.76 bits per heavy atom. The molecule has 1 saturated heterocycles. The fourth-order valence-corrected chi connectivity index (χ4v) is 3.06. The van der Waals surface area contributed by atoms with E-state index >= 15 is 0 Å². The van der Waals surface area contributed by atoms with E-state index in [1.165, 1.54) is 0 Å². The van der Waals surface area contributed by atoms with Crippen LogP contribution in [0.2, 0.25) is 0 Å². The first kappa shape index (κ1) is 12.2. The molecule has 2 fully saturated rings. The molecule has 0 aromatic rings. The van der Waals surface area contributed by atoms with Gasteiger partial charge in [0, 0.05) is 6.54 Å². The van der Waals surface area contributed by atoms with Crippen LogP contribution >= 0.6 is 0 Å². The summed E-state index contributed by atoms with van der Waals surface area (Å²) in [5.41, 5.74) is -0.235. The lowest BCUT2D eigenvalue weighted by atomic mass is 9.72. The van der Waals surface area contributed by atoms with Crippen molar-refractivity contribution in [3.63, 3.8) is 0 Å². The molecule has 1 aliphatic heterocycles. The lowest BCUT2D eigenvalue weighted by molar-refractivity contribution is -0.141. The van der Waals surface area contributed by atoms with Crippen molar-refractivity contribution in [2.24, 2.45) is 5.41 Å². The average Bonchev–Trinajstić information content (AvgIpc) is 2.63. The van der Waals surface area contributed by atoms with Gasteiger partial charge in [-0.1, -0.05) is 0 Å². The number of carbonyl (C=O) groups is 2. The van der Waals surface area contributed by atoms with Gasteiger partial charge in [-0.05, 0) is 37.5 Å². The Balaban J connectivity index is 2.13. The number of aliphatic hydroxyl groups excluding tert-OH is 1. The Bertz CT molecular complexity index is 311. The summed E-state index contributed by atoms with van der Waals surface area (Å²) in [5.74, 6) is -1.07. The first-order chi connectivity index (χ1) is 7.93. The van der Waals surface area contributed by atoms with Gasteiger partial charge in [-0.15, -0.1) is 0 Å². The van der Waals surface area contributed by atoms with Gasteiger partial charge in [-0.25, -0.2) is 9.59 Å². The van der Waals surface area contributed by atoms with Crippen molar-refractivity contribution in [2.45, 2.75) is 44.2 Å². The second-order valence-electron chi connectivity index (χ2n) is 5.20. The Morgan fingerprint density at radius 3 is 2.18 bits per heavy atom. The molecule has 0 aromatic carbocycles. The van der Waals surface area contributed by atoms with Gasteiger partial charge < -0.3 is 15.3 Å². The van der Waals surface area contributed by atoms with Gasteiger partial charge in [-0.2, -0.15) is 0 Å². The molecule has 2 aliphatic rings. The monoisotopic (exact) mass is 243 g/mol. The quantitative estimate of drug-likeness (QED) is 0.631. The van der Waals surface area contributed by atoms with Crippen molar-refractivity contribution in [3.8, 4) is 0 Å². The molecule has 1 atom stereocenters. The van der Waals surface area contributed by atoms with Crippen LogP contribution in [0.4, 0.5) is 4.79 Å². The molecule has 2 rings (SSSR count). The zero-order valence-electron chi connectivity index (χ0n) is 9.50. The van der Waals surface area contributed by atoms with Crippen LogP contribution in [0.15, 0.2) is 0 Å². The minimum Gasteiger partial charge on any atom is -0.480 e. The lowest BCUT2D eigenvalue weighted by Gasteiger charge is -2.34. The summed E-state index contributed by atoms with van der Waals surface area (Å²) in [4.78, 5) is 23.1. The fourth-order valence-electron chi connectivity index (χ4n) is 3.06. The summed E-state index contributed by atoms with van der Waals surface area (Å²) in [5, 5.41) is 27.5. The maximum absolute atomic E-state index is 11.1. The van der Waals surface area contributed by atoms with Gasteiger partial charge in [-0.3, -0.25) is 4.90 Å². The van der Waals surface area contributed by atoms with Gasteiger partial charge >= 0.3 is 12.1 Å². The highest BCUT2D eigenvalue weighted by Gasteiger charge is 2.49. The topological polar surface area (TPSA) is 98.1 Å². The molecule has 0 bridgehead atoms. The smallest absolute Gasteiger partial charge is 0.408 e. The van der Waals surface area contributed by atoms with Crippen LogP contribution in [-0.2, 0) is 4.79 Å². The number of likely N-dealkylation sites (tertiary alicyclic amines) is 1. The summed E-state index contributed by atoms with van der Waals surface area (Å²) in [6, 6.07) is -0.928. The van der Waals surface area contributed by atoms with Crippen LogP contribution in [0.5, 0.6) is 0 Å². The molecule has 17 heavy (non-hydrogen) atoms. The Hall–Kier alpha value is -1.30. The highest BCUT2D eigenvalue weighted by Crippen LogP contribution is 2.46. The minimum atomic E-state index is -1.17. The Kier molecular flexibility index (Phi) is 2.99. The molecule has 1 amide bonds. The van der Waals surface area contributed by atoms with Gasteiger partial charge in [0.2, 0.25) is 0 Å². The van der Waals surface area contributed by atoms with E-state index in [0.717, 1.165) is 4.90 Å². The predicted molar refractivity (Wildman–Crippen MR) is 57.7 cm³/mol. The molecule has 1 unspecified atom stereocenters. The molecule has 1 saturated carbocycles. The third kappa shape index (κ3) is 2.22. The Morgan fingerprint density at radius 1 is 1.18 bits per heavy atom. The number of hydrogen-bond acceptors (Lipinski definition) is 3. The molecule has 6 heteroatoms. The standard InChI is InChI=1S/C11H17NO5/c13-7-1-3-11(4-2-7)5-8(9(14)15)12(6-11)10(16)17/h7-8,13H,1-6H2,(H,14,15)(H,16,17). The highest BCUT2D eigenvalue weighted by atomic mass is 16.4. The molecule has 1 spiro atoms. The van der Waals surface area contributed by atoms with Crippen molar-refractivity contribution < 1.29 is 24.9 Å². The van der Waals surface area contributed by atoms with Crippen molar-refractivity contribution in [1.29, 1.82) is 0 Å². The molecule has 3 N–H and O–H groups in total. The largest absolute Gasteiger partial charge is 0.480 e.